The fourth-order valence-corrected chi connectivity index (χ4v) is 6.23. The molecular weight excluding hydrogens is 573 g/mol. The number of rotatable bonds is 11. The first-order chi connectivity index (χ1) is 19.2. The van der Waals surface area contributed by atoms with Gasteiger partial charge in [0.2, 0.25) is 0 Å². The molecule has 0 saturated carbocycles. The molecule has 3 aromatic carbocycles. The van der Waals surface area contributed by atoms with E-state index in [1.165, 1.54) is 18.2 Å². The topological polar surface area (TPSA) is 106 Å². The average molecular weight is 601 g/mol. The Labute approximate surface area is 242 Å². The lowest BCUT2D eigenvalue weighted by Gasteiger charge is -2.25. The van der Waals surface area contributed by atoms with Crippen LogP contribution in [0, 0.1) is 0 Å². The van der Waals surface area contributed by atoms with Gasteiger partial charge in [-0.25, -0.2) is 8.42 Å². The largest absolute Gasteiger partial charge is 0.464 e. The fraction of sp³-hybridized carbons (Fsp3) is 0.207. The Balaban J connectivity index is 1.76. The first-order valence-electron chi connectivity index (χ1n) is 12.5. The SMILES string of the molecule is CCCCOC(=O)CN(c1cccc2c(C(=O)NCc3ccccn3)cccc12)S(=O)(=O)c1cc(Cl)cc(Cl)c1. The van der Waals surface area contributed by atoms with Gasteiger partial charge in [-0.3, -0.25) is 18.9 Å². The van der Waals surface area contributed by atoms with Crippen molar-refractivity contribution in [2.45, 2.75) is 31.2 Å². The maximum Gasteiger partial charge on any atom is 0.326 e. The van der Waals surface area contributed by atoms with E-state index in [0.29, 0.717) is 28.5 Å². The maximum absolute atomic E-state index is 13.9. The van der Waals surface area contributed by atoms with Crippen LogP contribution in [0.2, 0.25) is 10.0 Å². The molecule has 4 rings (SSSR count). The summed E-state index contributed by atoms with van der Waals surface area (Å²) in [7, 11) is -4.34. The first kappa shape index (κ1) is 29.3. The van der Waals surface area contributed by atoms with Crippen molar-refractivity contribution >= 4 is 61.6 Å². The molecule has 0 aliphatic rings. The molecule has 0 spiro atoms. The van der Waals surface area contributed by atoms with E-state index in [0.717, 1.165) is 10.7 Å². The first-order valence-corrected chi connectivity index (χ1v) is 14.7. The van der Waals surface area contributed by atoms with E-state index in [4.69, 9.17) is 27.9 Å². The second-order valence-electron chi connectivity index (χ2n) is 8.87. The number of halogens is 2. The van der Waals surface area contributed by atoms with Crippen LogP contribution in [0.15, 0.2) is 83.9 Å². The minimum Gasteiger partial charge on any atom is -0.464 e. The van der Waals surface area contributed by atoms with Crippen molar-refractivity contribution in [2.75, 3.05) is 17.5 Å². The van der Waals surface area contributed by atoms with E-state index in [9.17, 15) is 18.0 Å². The molecule has 0 fully saturated rings. The molecule has 0 aliphatic carbocycles. The summed E-state index contributed by atoms with van der Waals surface area (Å²) in [5, 5.41) is 4.05. The summed E-state index contributed by atoms with van der Waals surface area (Å²) in [4.78, 5) is 30.0. The monoisotopic (exact) mass is 599 g/mol. The molecule has 1 heterocycles. The molecule has 0 unspecified atom stereocenters. The molecule has 1 amide bonds. The molecule has 0 atom stereocenters. The van der Waals surface area contributed by atoms with Crippen LogP contribution in [-0.2, 0) is 26.1 Å². The molecule has 8 nitrogen and oxygen atoms in total. The summed E-state index contributed by atoms with van der Waals surface area (Å²) < 4.78 is 34.1. The lowest BCUT2D eigenvalue weighted by atomic mass is 10.0. The van der Waals surface area contributed by atoms with Crippen LogP contribution in [0.1, 0.15) is 35.8 Å². The molecule has 4 aromatic rings. The van der Waals surface area contributed by atoms with Gasteiger partial charge in [0.1, 0.15) is 6.54 Å². The lowest BCUT2D eigenvalue weighted by Crippen LogP contribution is -2.37. The van der Waals surface area contributed by atoms with E-state index >= 15 is 0 Å². The van der Waals surface area contributed by atoms with Crippen molar-refractivity contribution in [3.8, 4) is 0 Å². The van der Waals surface area contributed by atoms with Crippen LogP contribution in [0.3, 0.4) is 0 Å². The van der Waals surface area contributed by atoms with Crippen molar-refractivity contribution in [2.24, 2.45) is 0 Å². The summed E-state index contributed by atoms with van der Waals surface area (Å²) in [6.45, 7) is 1.75. The van der Waals surface area contributed by atoms with Gasteiger partial charge in [0.15, 0.2) is 0 Å². The molecule has 0 bridgehead atoms. The standard InChI is InChI=1S/C29H27Cl2N3O5S/c1-2-3-14-39-28(35)19-34(40(37,38)23-16-20(30)15-21(31)17-23)27-12-7-9-24-25(27)10-6-11-26(24)29(36)33-18-22-8-4-5-13-32-22/h4-13,15-17H,2-3,14,18-19H2,1H3,(H,33,36). The number of pyridine rings is 1. The van der Waals surface area contributed by atoms with Crippen molar-refractivity contribution in [3.63, 3.8) is 0 Å². The third kappa shape index (κ3) is 6.91. The van der Waals surface area contributed by atoms with Gasteiger partial charge in [0.05, 0.1) is 29.4 Å². The number of hydrogen-bond acceptors (Lipinski definition) is 6. The summed E-state index contributed by atoms with van der Waals surface area (Å²) in [5.41, 5.74) is 1.22. The Morgan fingerprint density at radius 3 is 2.38 bits per heavy atom. The summed E-state index contributed by atoms with van der Waals surface area (Å²) in [6, 6.07) is 19.3. The van der Waals surface area contributed by atoms with Crippen molar-refractivity contribution in [3.05, 3.63) is 100 Å². The minimum absolute atomic E-state index is 0.126. The third-order valence-corrected chi connectivity index (χ3v) is 8.20. The Morgan fingerprint density at radius 1 is 0.950 bits per heavy atom. The van der Waals surface area contributed by atoms with E-state index < -0.39 is 22.5 Å². The van der Waals surface area contributed by atoms with Gasteiger partial charge in [-0.1, -0.05) is 66.9 Å². The van der Waals surface area contributed by atoms with Gasteiger partial charge in [0.25, 0.3) is 15.9 Å². The number of carbonyl (C=O) groups is 2. The minimum atomic E-state index is -4.34. The van der Waals surface area contributed by atoms with Gasteiger partial charge in [-0.15, -0.1) is 0 Å². The number of ether oxygens (including phenoxy) is 1. The number of benzene rings is 3. The predicted octanol–water partition coefficient (Wildman–Crippen LogP) is 6.01. The number of carbonyl (C=O) groups excluding carboxylic acids is 2. The van der Waals surface area contributed by atoms with Crippen LogP contribution >= 0.6 is 23.2 Å². The molecule has 0 radical (unpaired) electrons. The molecule has 1 N–H and O–H groups in total. The highest BCUT2D eigenvalue weighted by atomic mass is 35.5. The number of amides is 1. The fourth-order valence-electron chi connectivity index (χ4n) is 4.08. The quantitative estimate of drug-likeness (QED) is 0.167. The maximum atomic E-state index is 13.9. The number of aromatic nitrogens is 1. The van der Waals surface area contributed by atoms with E-state index in [2.05, 4.69) is 10.3 Å². The number of hydrogen-bond donors (Lipinski definition) is 1. The zero-order valence-corrected chi connectivity index (χ0v) is 24.0. The number of sulfonamides is 1. The molecule has 0 aliphatic heterocycles. The number of fused-ring (bicyclic) bond motifs is 1. The zero-order chi connectivity index (χ0) is 28.7. The summed E-state index contributed by atoms with van der Waals surface area (Å²) in [6.07, 6.45) is 3.10. The van der Waals surface area contributed by atoms with Gasteiger partial charge < -0.3 is 10.1 Å². The number of anilines is 1. The van der Waals surface area contributed by atoms with E-state index in [1.54, 1.807) is 54.7 Å². The van der Waals surface area contributed by atoms with Crippen LogP contribution < -0.4 is 9.62 Å². The van der Waals surface area contributed by atoms with Crippen LogP contribution in [0.5, 0.6) is 0 Å². The second-order valence-corrected chi connectivity index (χ2v) is 11.6. The van der Waals surface area contributed by atoms with Gasteiger partial charge >= 0.3 is 5.97 Å². The Kier molecular flexibility index (Phi) is 9.63. The van der Waals surface area contributed by atoms with E-state index in [1.807, 2.05) is 13.0 Å². The average Bonchev–Trinajstić information content (AvgIpc) is 2.94. The molecule has 1 aromatic heterocycles. The van der Waals surface area contributed by atoms with Crippen LogP contribution in [0.4, 0.5) is 5.69 Å². The third-order valence-electron chi connectivity index (χ3n) is 6.03. The Morgan fingerprint density at radius 2 is 1.68 bits per heavy atom. The highest BCUT2D eigenvalue weighted by molar-refractivity contribution is 7.93. The van der Waals surface area contributed by atoms with Crippen LogP contribution in [-0.4, -0.2) is 38.4 Å². The predicted molar refractivity (Wildman–Crippen MR) is 156 cm³/mol. The van der Waals surface area contributed by atoms with Gasteiger partial charge in [0, 0.05) is 27.2 Å². The number of unbranched alkanes of at least 4 members (excludes halogenated alkanes) is 1. The van der Waals surface area contributed by atoms with Gasteiger partial charge in [-0.2, -0.15) is 0 Å². The summed E-state index contributed by atoms with van der Waals surface area (Å²) >= 11 is 12.2. The number of esters is 1. The zero-order valence-electron chi connectivity index (χ0n) is 21.6. The van der Waals surface area contributed by atoms with Crippen molar-refractivity contribution in [1.29, 1.82) is 0 Å². The number of nitrogens with one attached hydrogen (secondary N) is 1. The highest BCUT2D eigenvalue weighted by Crippen LogP contribution is 2.34. The molecule has 0 saturated heterocycles. The van der Waals surface area contributed by atoms with E-state index in [-0.39, 0.29) is 39.7 Å². The second kappa shape index (κ2) is 13.1. The molecular formula is C29H27Cl2N3O5S. The summed E-state index contributed by atoms with van der Waals surface area (Å²) in [5.74, 6) is -1.07. The number of nitrogens with zero attached hydrogens (tertiary/aromatic N) is 2. The van der Waals surface area contributed by atoms with Crippen LogP contribution in [0.25, 0.3) is 10.8 Å². The highest BCUT2D eigenvalue weighted by Gasteiger charge is 2.30. The van der Waals surface area contributed by atoms with Crippen molar-refractivity contribution in [1.82, 2.24) is 10.3 Å². The molecule has 40 heavy (non-hydrogen) atoms. The van der Waals surface area contributed by atoms with Gasteiger partial charge in [-0.05, 0) is 54.3 Å². The molecule has 11 heteroatoms. The smallest absolute Gasteiger partial charge is 0.326 e. The molecule has 208 valence electrons. The Bertz CT molecular complexity index is 1610. The normalized spacial score (nSPS) is 11.3. The lowest BCUT2D eigenvalue weighted by molar-refractivity contribution is -0.141. The Hall–Kier alpha value is -3.66. The van der Waals surface area contributed by atoms with Crippen molar-refractivity contribution < 1.29 is 22.7 Å².